The molecule has 2 unspecified atom stereocenters. The molecule has 0 bridgehead atoms. The molecule has 1 aliphatic rings. The maximum absolute atomic E-state index is 14.6. The highest BCUT2D eigenvalue weighted by atomic mass is 19.1. The van der Waals surface area contributed by atoms with Crippen molar-refractivity contribution in [2.75, 3.05) is 13.1 Å². The number of fused-ring (bicyclic) bond motifs is 1. The van der Waals surface area contributed by atoms with E-state index in [0.717, 1.165) is 35.8 Å². The number of aromatic hydroxyl groups is 1. The van der Waals surface area contributed by atoms with Crippen molar-refractivity contribution < 1.29 is 9.50 Å². The van der Waals surface area contributed by atoms with Crippen LogP contribution in [-0.4, -0.2) is 44.3 Å². The van der Waals surface area contributed by atoms with Crippen LogP contribution in [0.4, 0.5) is 4.39 Å². The van der Waals surface area contributed by atoms with Crippen LogP contribution in [0.5, 0.6) is 5.75 Å². The van der Waals surface area contributed by atoms with E-state index in [4.69, 9.17) is 0 Å². The van der Waals surface area contributed by atoms with E-state index < -0.39 is 5.82 Å². The Balaban J connectivity index is 1.52. The second-order valence-electron chi connectivity index (χ2n) is 8.51. The molecule has 4 aromatic rings. The minimum Gasteiger partial charge on any atom is -0.508 e. The molecule has 5 rings (SSSR count). The highest BCUT2D eigenvalue weighted by Gasteiger charge is 2.27. The van der Waals surface area contributed by atoms with Gasteiger partial charge in [-0.15, -0.1) is 0 Å². The van der Waals surface area contributed by atoms with E-state index in [9.17, 15) is 9.50 Å². The average Bonchev–Trinajstić information content (AvgIpc) is 3.17. The zero-order valence-electron chi connectivity index (χ0n) is 18.1. The van der Waals surface area contributed by atoms with Crippen molar-refractivity contribution in [2.24, 2.45) is 0 Å². The second-order valence-corrected chi connectivity index (χ2v) is 8.51. The van der Waals surface area contributed by atoms with Crippen molar-refractivity contribution in [1.82, 2.24) is 25.4 Å². The Morgan fingerprint density at radius 3 is 2.75 bits per heavy atom. The topological polar surface area (TPSA) is 77.1 Å². The fraction of sp³-hybridized carbons (Fsp3) is 0.280. The number of hydrogen-bond donors (Lipinski definition) is 3. The molecule has 2 atom stereocenters. The van der Waals surface area contributed by atoms with Gasteiger partial charge in [0.1, 0.15) is 11.6 Å². The molecule has 0 aliphatic carbocycles. The van der Waals surface area contributed by atoms with Gasteiger partial charge in [-0.25, -0.2) is 9.37 Å². The fourth-order valence-electron chi connectivity index (χ4n) is 4.52. The zero-order chi connectivity index (χ0) is 22.2. The number of aromatic nitrogens is 3. The number of halogens is 1. The van der Waals surface area contributed by atoms with Crippen LogP contribution >= 0.6 is 0 Å². The van der Waals surface area contributed by atoms with E-state index in [1.807, 2.05) is 19.1 Å². The van der Waals surface area contributed by atoms with Crippen molar-refractivity contribution in [3.8, 4) is 17.0 Å². The van der Waals surface area contributed by atoms with Gasteiger partial charge in [0.15, 0.2) is 5.65 Å². The van der Waals surface area contributed by atoms with Crippen LogP contribution in [-0.2, 0) is 6.54 Å². The maximum Gasteiger partial charge on any atom is 0.156 e. The number of aromatic amines is 1. The third kappa shape index (κ3) is 3.85. The number of rotatable bonds is 4. The summed E-state index contributed by atoms with van der Waals surface area (Å²) in [5, 5.41) is 21.6. The smallest absolute Gasteiger partial charge is 0.156 e. The number of phenolic OH excluding ortho intramolecular Hbond substituents is 1. The average molecular weight is 432 g/mol. The van der Waals surface area contributed by atoms with Gasteiger partial charge < -0.3 is 10.4 Å². The summed E-state index contributed by atoms with van der Waals surface area (Å²) in [6.07, 6.45) is 0. The zero-order valence-corrected chi connectivity index (χ0v) is 18.1. The molecule has 3 heterocycles. The van der Waals surface area contributed by atoms with Crippen LogP contribution in [0.1, 0.15) is 29.8 Å². The summed E-state index contributed by atoms with van der Waals surface area (Å²) in [6.45, 7) is 6.64. The number of nitrogens with one attached hydrogen (secondary N) is 2. The molecular weight excluding hydrogens is 405 g/mol. The summed E-state index contributed by atoms with van der Waals surface area (Å²) in [7, 11) is 0. The normalized spacial score (nSPS) is 19.5. The number of phenols is 1. The van der Waals surface area contributed by atoms with Crippen LogP contribution in [0.2, 0.25) is 0 Å². The summed E-state index contributed by atoms with van der Waals surface area (Å²) in [5.41, 5.74) is 4.73. The lowest BCUT2D eigenvalue weighted by Gasteiger charge is -2.39. The first-order chi connectivity index (χ1) is 15.5. The lowest BCUT2D eigenvalue weighted by Crippen LogP contribution is -2.50. The number of piperazine rings is 1. The fourth-order valence-corrected chi connectivity index (χ4v) is 4.52. The number of H-pyrrole nitrogens is 1. The summed E-state index contributed by atoms with van der Waals surface area (Å²) < 4.78 is 14.6. The monoisotopic (exact) mass is 431 g/mol. The van der Waals surface area contributed by atoms with Gasteiger partial charge in [-0.3, -0.25) is 10.00 Å². The van der Waals surface area contributed by atoms with Gasteiger partial charge in [0.05, 0.1) is 11.4 Å². The molecule has 1 aliphatic heterocycles. The Bertz CT molecular complexity index is 1260. The van der Waals surface area contributed by atoms with E-state index in [1.54, 1.807) is 6.07 Å². The van der Waals surface area contributed by atoms with Crippen LogP contribution in [0.15, 0.2) is 54.6 Å². The van der Waals surface area contributed by atoms with E-state index in [0.29, 0.717) is 29.5 Å². The Kier molecular flexibility index (Phi) is 5.36. The first-order valence-corrected chi connectivity index (χ1v) is 10.9. The molecule has 1 saturated heterocycles. The number of pyridine rings is 1. The van der Waals surface area contributed by atoms with Crippen LogP contribution < -0.4 is 5.32 Å². The van der Waals surface area contributed by atoms with Gasteiger partial charge in [-0.2, -0.15) is 5.10 Å². The maximum atomic E-state index is 14.6. The Labute approximate surface area is 186 Å². The molecule has 7 heteroatoms. The summed E-state index contributed by atoms with van der Waals surface area (Å²) in [5.74, 6) is -0.606. The van der Waals surface area contributed by atoms with Crippen LogP contribution in [0.25, 0.3) is 22.3 Å². The highest BCUT2D eigenvalue weighted by Crippen LogP contribution is 2.31. The Morgan fingerprint density at radius 1 is 1.16 bits per heavy atom. The SMILES string of the molecule is Cc1n[nH]c2nc(-c3ccc(O)cc3F)cc(CN3CC(c4ccccc4)NCC3C)c12. The minimum absolute atomic E-state index is 0.105. The predicted molar refractivity (Wildman–Crippen MR) is 123 cm³/mol. The van der Waals surface area contributed by atoms with Gasteiger partial charge in [-0.1, -0.05) is 30.3 Å². The first-order valence-electron chi connectivity index (χ1n) is 10.9. The van der Waals surface area contributed by atoms with Crippen LogP contribution in [0.3, 0.4) is 0 Å². The summed E-state index contributed by atoms with van der Waals surface area (Å²) in [4.78, 5) is 7.07. The first kappa shape index (κ1) is 20.6. The van der Waals surface area contributed by atoms with E-state index in [1.165, 1.54) is 11.6 Å². The molecule has 2 aromatic carbocycles. The summed E-state index contributed by atoms with van der Waals surface area (Å²) in [6, 6.07) is 17.2. The molecule has 0 radical (unpaired) electrons. The van der Waals surface area contributed by atoms with Crippen molar-refractivity contribution in [3.05, 3.63) is 77.2 Å². The lowest BCUT2D eigenvalue weighted by atomic mass is 10.00. The Morgan fingerprint density at radius 2 is 1.97 bits per heavy atom. The predicted octanol–water partition coefficient (Wildman–Crippen LogP) is 4.31. The Hall–Kier alpha value is -3.29. The molecule has 0 saturated carbocycles. The number of benzene rings is 2. The third-order valence-electron chi connectivity index (χ3n) is 6.30. The largest absolute Gasteiger partial charge is 0.508 e. The second kappa shape index (κ2) is 8.33. The molecule has 3 N–H and O–H groups in total. The molecule has 0 spiro atoms. The number of hydrogen-bond acceptors (Lipinski definition) is 5. The number of aryl methyl sites for hydroxylation is 1. The van der Waals surface area contributed by atoms with Crippen molar-refractivity contribution in [1.29, 1.82) is 0 Å². The highest BCUT2D eigenvalue weighted by molar-refractivity contribution is 5.84. The van der Waals surface area contributed by atoms with E-state index in [2.05, 4.69) is 56.6 Å². The molecule has 0 amide bonds. The van der Waals surface area contributed by atoms with Gasteiger partial charge in [0.2, 0.25) is 0 Å². The quantitative estimate of drug-likeness (QED) is 0.449. The van der Waals surface area contributed by atoms with Gasteiger partial charge in [-0.05, 0) is 43.2 Å². The molecule has 164 valence electrons. The number of nitrogens with zero attached hydrogens (tertiary/aromatic N) is 3. The third-order valence-corrected chi connectivity index (χ3v) is 6.30. The molecule has 6 nitrogen and oxygen atoms in total. The van der Waals surface area contributed by atoms with Gasteiger partial charge >= 0.3 is 0 Å². The molecular formula is C25H26FN5O. The van der Waals surface area contributed by atoms with Gasteiger partial charge in [0, 0.05) is 48.7 Å². The van der Waals surface area contributed by atoms with Crippen molar-refractivity contribution in [3.63, 3.8) is 0 Å². The van der Waals surface area contributed by atoms with Crippen molar-refractivity contribution in [2.45, 2.75) is 32.5 Å². The lowest BCUT2D eigenvalue weighted by molar-refractivity contribution is 0.134. The van der Waals surface area contributed by atoms with E-state index in [-0.39, 0.29) is 11.8 Å². The summed E-state index contributed by atoms with van der Waals surface area (Å²) >= 11 is 0. The van der Waals surface area contributed by atoms with Crippen molar-refractivity contribution >= 4 is 11.0 Å². The van der Waals surface area contributed by atoms with E-state index >= 15 is 0 Å². The van der Waals surface area contributed by atoms with Crippen LogP contribution in [0, 0.1) is 12.7 Å². The standard InChI is InChI=1S/C25H26FN5O/c1-15-12-27-23(17-6-4-3-5-7-17)14-31(15)13-18-10-22(20-9-8-19(32)11-21(20)26)28-25-24(18)16(2)29-30-25/h3-11,15,23,27,32H,12-14H2,1-2H3,(H,28,29,30). The van der Waals surface area contributed by atoms with Gasteiger partial charge in [0.25, 0.3) is 0 Å². The molecule has 2 aromatic heterocycles. The molecule has 32 heavy (non-hydrogen) atoms. The molecule has 1 fully saturated rings. The minimum atomic E-state index is -0.501.